The average molecular weight is 318 g/mol. The Labute approximate surface area is 141 Å². The third-order valence-electron chi connectivity index (χ3n) is 4.55. The van der Waals surface area contributed by atoms with Gasteiger partial charge in [0.2, 0.25) is 0 Å². The monoisotopic (exact) mass is 318 g/mol. The molecule has 2 aliphatic rings. The zero-order chi connectivity index (χ0) is 16.5. The van der Waals surface area contributed by atoms with Crippen LogP contribution in [-0.4, -0.2) is 29.8 Å². The van der Waals surface area contributed by atoms with Gasteiger partial charge in [-0.25, -0.2) is 4.90 Å². The number of para-hydroxylation sites is 1. The molecule has 0 bridgehead atoms. The van der Waals surface area contributed by atoms with Gasteiger partial charge < -0.3 is 4.90 Å². The summed E-state index contributed by atoms with van der Waals surface area (Å²) in [6.07, 6.45) is 4.21. The molecule has 0 saturated carbocycles. The number of carbonyl (C=O) groups excluding carboxylic acids is 2. The van der Waals surface area contributed by atoms with E-state index in [4.69, 9.17) is 0 Å². The van der Waals surface area contributed by atoms with Gasteiger partial charge >= 0.3 is 0 Å². The van der Waals surface area contributed by atoms with Crippen molar-refractivity contribution in [3.05, 3.63) is 71.9 Å². The molecule has 24 heavy (non-hydrogen) atoms. The maximum atomic E-state index is 13.1. The predicted octanol–water partition coefficient (Wildman–Crippen LogP) is 3.31. The number of rotatable bonds is 2. The Morgan fingerprint density at radius 1 is 0.750 bits per heavy atom. The van der Waals surface area contributed by atoms with Crippen LogP contribution in [-0.2, 0) is 4.79 Å². The van der Waals surface area contributed by atoms with Gasteiger partial charge in [-0.3, -0.25) is 9.59 Å². The van der Waals surface area contributed by atoms with Crippen LogP contribution in [0.25, 0.3) is 5.57 Å². The first kappa shape index (κ1) is 14.7. The van der Waals surface area contributed by atoms with E-state index >= 15 is 0 Å². The van der Waals surface area contributed by atoms with Crippen molar-refractivity contribution in [2.75, 3.05) is 18.0 Å². The van der Waals surface area contributed by atoms with Gasteiger partial charge in [0.05, 0.1) is 11.3 Å². The molecule has 0 radical (unpaired) electrons. The van der Waals surface area contributed by atoms with Gasteiger partial charge in [-0.05, 0) is 31.0 Å². The predicted molar refractivity (Wildman–Crippen MR) is 93.5 cm³/mol. The quantitative estimate of drug-likeness (QED) is 0.630. The summed E-state index contributed by atoms with van der Waals surface area (Å²) in [7, 11) is 0. The first-order chi connectivity index (χ1) is 11.8. The molecule has 4 nitrogen and oxygen atoms in total. The fourth-order valence-corrected chi connectivity index (χ4v) is 3.34. The molecule has 0 aliphatic carbocycles. The maximum absolute atomic E-state index is 13.1. The molecule has 2 aromatic rings. The normalized spacial score (nSPS) is 19.1. The summed E-state index contributed by atoms with van der Waals surface area (Å²) in [4.78, 5) is 29.4. The molecule has 4 rings (SSSR count). The Morgan fingerprint density at radius 2 is 1.38 bits per heavy atom. The minimum Gasteiger partial charge on any atom is -0.377 e. The molecular formula is C20H18N2O2. The van der Waals surface area contributed by atoms with Gasteiger partial charge in [0.15, 0.2) is 0 Å². The van der Waals surface area contributed by atoms with Gasteiger partial charge in [-0.2, -0.15) is 0 Å². The Balaban J connectivity index is 1.85. The number of fused-ring (bicyclic) bond motifs is 1. The van der Waals surface area contributed by atoms with E-state index in [2.05, 4.69) is 4.90 Å². The second-order valence-electron chi connectivity index (χ2n) is 6.11. The summed E-state index contributed by atoms with van der Waals surface area (Å²) < 4.78 is 0. The number of amides is 2. The molecule has 0 atom stereocenters. The van der Waals surface area contributed by atoms with Crippen molar-refractivity contribution < 1.29 is 9.59 Å². The van der Waals surface area contributed by atoms with Crippen LogP contribution in [0.2, 0.25) is 0 Å². The highest BCUT2D eigenvalue weighted by Crippen LogP contribution is 2.32. The molecular weight excluding hydrogens is 300 g/mol. The number of imide groups is 1. The fraction of sp³-hybridized carbons (Fsp3) is 0.200. The van der Waals surface area contributed by atoms with Gasteiger partial charge in [-0.1, -0.05) is 36.4 Å². The highest BCUT2D eigenvalue weighted by atomic mass is 16.2. The smallest absolute Gasteiger partial charge is 0.267 e. The van der Waals surface area contributed by atoms with Crippen LogP contribution in [0.5, 0.6) is 0 Å². The van der Waals surface area contributed by atoms with E-state index < -0.39 is 0 Å². The molecule has 0 aromatic heterocycles. The van der Waals surface area contributed by atoms with E-state index in [1.165, 1.54) is 4.90 Å². The fourth-order valence-electron chi connectivity index (χ4n) is 3.34. The zero-order valence-corrected chi connectivity index (χ0v) is 13.3. The van der Waals surface area contributed by atoms with Crippen molar-refractivity contribution in [3.63, 3.8) is 0 Å². The topological polar surface area (TPSA) is 40.6 Å². The average Bonchev–Trinajstić information content (AvgIpc) is 3.13. The Bertz CT molecular complexity index is 821. The molecule has 0 unspecified atom stereocenters. The molecule has 2 heterocycles. The van der Waals surface area contributed by atoms with Gasteiger partial charge in [0.1, 0.15) is 0 Å². The first-order valence-electron chi connectivity index (χ1n) is 8.25. The summed E-state index contributed by atoms with van der Waals surface area (Å²) in [5.41, 5.74) is 2.50. The minimum absolute atomic E-state index is 0.253. The van der Waals surface area contributed by atoms with Crippen molar-refractivity contribution >= 4 is 23.1 Å². The summed E-state index contributed by atoms with van der Waals surface area (Å²) in [5.74, 6) is -0.517. The molecule has 2 aromatic carbocycles. The summed E-state index contributed by atoms with van der Waals surface area (Å²) in [6.45, 7) is 1.91. The van der Waals surface area contributed by atoms with E-state index in [0.29, 0.717) is 16.8 Å². The molecule has 1 fully saturated rings. The van der Waals surface area contributed by atoms with Gasteiger partial charge in [-0.15, -0.1) is 0 Å². The minimum atomic E-state index is -0.264. The highest BCUT2D eigenvalue weighted by Gasteiger charge is 2.36. The number of anilines is 1. The van der Waals surface area contributed by atoms with Crippen molar-refractivity contribution in [1.82, 2.24) is 4.90 Å². The largest absolute Gasteiger partial charge is 0.377 e. The molecule has 1 saturated heterocycles. The van der Waals surface area contributed by atoms with E-state index in [9.17, 15) is 9.59 Å². The highest BCUT2D eigenvalue weighted by molar-refractivity contribution is 6.40. The van der Waals surface area contributed by atoms with Crippen LogP contribution >= 0.6 is 0 Å². The summed E-state index contributed by atoms with van der Waals surface area (Å²) in [5, 5.41) is 0. The lowest BCUT2D eigenvalue weighted by atomic mass is 9.93. The number of benzene rings is 2. The van der Waals surface area contributed by atoms with E-state index in [1.807, 2.05) is 42.6 Å². The Kier molecular flexibility index (Phi) is 3.65. The van der Waals surface area contributed by atoms with Crippen LogP contribution in [0.1, 0.15) is 28.8 Å². The lowest BCUT2D eigenvalue weighted by Gasteiger charge is -2.29. The van der Waals surface area contributed by atoms with Crippen molar-refractivity contribution in [2.45, 2.75) is 12.8 Å². The Morgan fingerprint density at radius 3 is 2.08 bits per heavy atom. The van der Waals surface area contributed by atoms with Crippen molar-refractivity contribution in [1.29, 1.82) is 0 Å². The molecule has 2 amide bonds. The first-order valence-corrected chi connectivity index (χ1v) is 8.25. The number of likely N-dealkylation sites (tertiary alicyclic amines) is 1. The van der Waals surface area contributed by atoms with E-state index in [1.54, 1.807) is 18.2 Å². The summed E-state index contributed by atoms with van der Waals surface area (Å²) >= 11 is 0. The molecule has 120 valence electrons. The van der Waals surface area contributed by atoms with Crippen LogP contribution in [0, 0.1) is 0 Å². The molecule has 2 aliphatic heterocycles. The van der Waals surface area contributed by atoms with E-state index in [0.717, 1.165) is 31.5 Å². The van der Waals surface area contributed by atoms with Crippen LogP contribution in [0.15, 0.2) is 60.8 Å². The zero-order valence-electron chi connectivity index (χ0n) is 13.3. The molecule has 0 N–H and O–H groups in total. The molecule has 4 heteroatoms. The van der Waals surface area contributed by atoms with Crippen LogP contribution in [0.3, 0.4) is 0 Å². The number of nitrogens with zero attached hydrogens (tertiary/aromatic N) is 2. The number of hydrogen-bond donors (Lipinski definition) is 0. The van der Waals surface area contributed by atoms with Crippen molar-refractivity contribution in [3.8, 4) is 0 Å². The number of carbonyl (C=O) groups is 2. The second-order valence-corrected chi connectivity index (χ2v) is 6.11. The summed E-state index contributed by atoms with van der Waals surface area (Å²) in [6, 6.07) is 16.5. The van der Waals surface area contributed by atoms with Gasteiger partial charge in [0.25, 0.3) is 11.8 Å². The lowest BCUT2D eigenvalue weighted by molar-refractivity contribution is -0.112. The van der Waals surface area contributed by atoms with Gasteiger partial charge in [0, 0.05) is 30.4 Å². The third kappa shape index (κ3) is 2.40. The number of hydrogen-bond acceptors (Lipinski definition) is 3. The second kappa shape index (κ2) is 5.96. The standard InChI is InChI=1S/C20H18N2O2/c23-19-17-11-5-4-10-16(17)18(14-21-12-6-7-13-21)20(24)22(19)15-8-2-1-3-9-15/h1-5,8-11,14H,6-7,12-13H2. The SMILES string of the molecule is O=C1C(=CN2CCCC2)c2ccccc2C(=O)N1c1ccccc1. The van der Waals surface area contributed by atoms with Crippen LogP contribution < -0.4 is 4.90 Å². The Hall–Kier alpha value is -2.88. The lowest BCUT2D eigenvalue weighted by Crippen LogP contribution is -2.42. The molecule has 0 spiro atoms. The maximum Gasteiger partial charge on any atom is 0.267 e. The van der Waals surface area contributed by atoms with Crippen molar-refractivity contribution in [2.24, 2.45) is 0 Å². The van der Waals surface area contributed by atoms with Crippen LogP contribution in [0.4, 0.5) is 5.69 Å². The van der Waals surface area contributed by atoms with E-state index in [-0.39, 0.29) is 11.8 Å². The third-order valence-corrected chi connectivity index (χ3v) is 4.55.